The number of nitrogens with zero attached hydrogens (tertiary/aromatic N) is 1. The summed E-state index contributed by atoms with van der Waals surface area (Å²) in [6.45, 7) is 4.82. The van der Waals surface area contributed by atoms with Gasteiger partial charge in [-0.25, -0.2) is 4.39 Å². The van der Waals surface area contributed by atoms with Gasteiger partial charge in [0.15, 0.2) is 0 Å². The van der Waals surface area contributed by atoms with Crippen molar-refractivity contribution in [3.05, 3.63) is 41.7 Å². The quantitative estimate of drug-likeness (QED) is 0.754. The molecule has 2 rings (SSSR count). The zero-order chi connectivity index (χ0) is 13.9. The summed E-state index contributed by atoms with van der Waals surface area (Å²) >= 11 is 0. The second-order valence-corrected chi connectivity index (χ2v) is 5.53. The summed E-state index contributed by atoms with van der Waals surface area (Å²) in [4.78, 5) is 0. The van der Waals surface area contributed by atoms with Crippen molar-refractivity contribution < 1.29 is 9.13 Å². The molecule has 0 aliphatic carbocycles. The van der Waals surface area contributed by atoms with Crippen LogP contribution < -0.4 is 0 Å². The molecular formula is C16H18FNO. The third kappa shape index (κ3) is 3.42. The van der Waals surface area contributed by atoms with Gasteiger partial charge in [-0.3, -0.25) is 0 Å². The maximum atomic E-state index is 13.0. The van der Waals surface area contributed by atoms with Crippen molar-refractivity contribution >= 4 is 5.57 Å². The summed E-state index contributed by atoms with van der Waals surface area (Å²) in [7, 11) is 0. The molecule has 1 saturated heterocycles. The first-order valence-corrected chi connectivity index (χ1v) is 6.51. The van der Waals surface area contributed by atoms with Crippen LogP contribution in [-0.4, -0.2) is 12.2 Å². The molecule has 0 N–H and O–H groups in total. The molecule has 1 aromatic rings. The van der Waals surface area contributed by atoms with Gasteiger partial charge in [-0.1, -0.05) is 12.1 Å². The largest absolute Gasteiger partial charge is 0.376 e. The number of halogens is 1. The molecule has 19 heavy (non-hydrogen) atoms. The van der Waals surface area contributed by atoms with Crippen molar-refractivity contribution in [1.82, 2.24) is 0 Å². The monoisotopic (exact) mass is 259 g/mol. The van der Waals surface area contributed by atoms with Crippen LogP contribution in [0.15, 0.2) is 30.3 Å². The Balaban J connectivity index is 2.29. The Morgan fingerprint density at radius 2 is 2.11 bits per heavy atom. The smallest absolute Gasteiger partial charge is 0.123 e. The lowest BCUT2D eigenvalue weighted by molar-refractivity contribution is -0.0629. The van der Waals surface area contributed by atoms with Crippen molar-refractivity contribution in [1.29, 1.82) is 5.26 Å². The van der Waals surface area contributed by atoms with E-state index in [4.69, 9.17) is 10.00 Å². The molecule has 1 heterocycles. The van der Waals surface area contributed by atoms with Crippen LogP contribution in [0, 0.1) is 23.1 Å². The fourth-order valence-electron chi connectivity index (χ4n) is 2.65. The number of rotatable bonds is 2. The maximum Gasteiger partial charge on any atom is 0.123 e. The molecule has 1 aliphatic heterocycles. The molecule has 3 heteroatoms. The Morgan fingerprint density at radius 1 is 1.42 bits per heavy atom. The van der Waals surface area contributed by atoms with Gasteiger partial charge in [0.25, 0.3) is 0 Å². The van der Waals surface area contributed by atoms with E-state index in [0.717, 1.165) is 24.0 Å². The number of nitriles is 1. The highest BCUT2D eigenvalue weighted by atomic mass is 19.1. The first-order valence-electron chi connectivity index (χ1n) is 6.51. The fourth-order valence-corrected chi connectivity index (χ4v) is 2.65. The second-order valence-electron chi connectivity index (χ2n) is 5.53. The first kappa shape index (κ1) is 13.8. The van der Waals surface area contributed by atoms with Gasteiger partial charge in [0, 0.05) is 12.7 Å². The van der Waals surface area contributed by atoms with Crippen LogP contribution >= 0.6 is 0 Å². The Hall–Kier alpha value is -1.66. The number of hydrogen-bond donors (Lipinski definition) is 0. The van der Waals surface area contributed by atoms with Crippen molar-refractivity contribution in [3.8, 4) is 6.07 Å². The highest BCUT2D eigenvalue weighted by Gasteiger charge is 2.31. The minimum absolute atomic E-state index is 0.169. The molecule has 0 aromatic heterocycles. The molecule has 1 unspecified atom stereocenters. The van der Waals surface area contributed by atoms with Gasteiger partial charge in [-0.2, -0.15) is 5.26 Å². The summed E-state index contributed by atoms with van der Waals surface area (Å²) in [6.07, 6.45) is 3.35. The summed E-state index contributed by atoms with van der Waals surface area (Å²) < 4.78 is 18.7. The molecule has 0 radical (unpaired) electrons. The molecule has 1 aliphatic rings. The Bertz CT molecular complexity index is 511. The molecule has 2 nitrogen and oxygen atoms in total. The highest BCUT2D eigenvalue weighted by Crippen LogP contribution is 2.37. The number of ether oxygens (including phenoxy) is 1. The van der Waals surface area contributed by atoms with E-state index in [1.807, 2.05) is 0 Å². The topological polar surface area (TPSA) is 33.0 Å². The molecule has 1 fully saturated rings. The minimum atomic E-state index is -0.257. The van der Waals surface area contributed by atoms with E-state index in [9.17, 15) is 4.39 Å². The molecule has 0 amide bonds. The highest BCUT2D eigenvalue weighted by molar-refractivity contribution is 5.69. The molecule has 0 bridgehead atoms. The van der Waals surface area contributed by atoms with Crippen LogP contribution in [0.2, 0.25) is 0 Å². The van der Waals surface area contributed by atoms with E-state index >= 15 is 0 Å². The summed E-state index contributed by atoms with van der Waals surface area (Å²) in [6, 6.07) is 8.45. The molecule has 1 aromatic carbocycles. The third-order valence-electron chi connectivity index (χ3n) is 3.53. The predicted octanol–water partition coefficient (Wildman–Crippen LogP) is 3.94. The zero-order valence-corrected chi connectivity index (χ0v) is 11.3. The Kier molecular flexibility index (Phi) is 4.01. The van der Waals surface area contributed by atoms with Gasteiger partial charge in [0.1, 0.15) is 5.82 Å². The lowest BCUT2D eigenvalue weighted by atomic mass is 9.80. The third-order valence-corrected chi connectivity index (χ3v) is 3.53. The molecule has 0 saturated carbocycles. The normalized spacial score (nSPS) is 22.8. The SMILES string of the molecule is CC1(C)CC(/C(=C/C#N)c2ccc(F)cc2)CCO1. The second kappa shape index (κ2) is 5.54. The lowest BCUT2D eigenvalue weighted by Gasteiger charge is -2.36. The van der Waals surface area contributed by atoms with Crippen LogP contribution in [0.1, 0.15) is 32.3 Å². The van der Waals surface area contributed by atoms with Crippen molar-refractivity contribution in [3.63, 3.8) is 0 Å². The molecular weight excluding hydrogens is 241 g/mol. The van der Waals surface area contributed by atoms with Crippen LogP contribution in [0.25, 0.3) is 5.57 Å². The average molecular weight is 259 g/mol. The van der Waals surface area contributed by atoms with Gasteiger partial charge in [-0.15, -0.1) is 0 Å². The van der Waals surface area contributed by atoms with Gasteiger partial charge in [0.05, 0.1) is 11.7 Å². The van der Waals surface area contributed by atoms with Crippen molar-refractivity contribution in [2.45, 2.75) is 32.3 Å². The number of hydrogen-bond acceptors (Lipinski definition) is 2. The van der Waals surface area contributed by atoms with Gasteiger partial charge in [0.2, 0.25) is 0 Å². The van der Waals surface area contributed by atoms with Gasteiger partial charge in [-0.05, 0) is 55.9 Å². The maximum absolute atomic E-state index is 13.0. The molecule has 100 valence electrons. The van der Waals surface area contributed by atoms with E-state index in [-0.39, 0.29) is 17.3 Å². The van der Waals surface area contributed by atoms with E-state index < -0.39 is 0 Å². The lowest BCUT2D eigenvalue weighted by Crippen LogP contribution is -2.34. The Labute approximate surface area is 113 Å². The van der Waals surface area contributed by atoms with Crippen LogP contribution in [0.5, 0.6) is 0 Å². The van der Waals surface area contributed by atoms with Crippen molar-refractivity contribution in [2.24, 2.45) is 5.92 Å². The zero-order valence-electron chi connectivity index (χ0n) is 11.3. The number of allylic oxidation sites excluding steroid dienone is 2. The summed E-state index contributed by atoms with van der Waals surface area (Å²) in [5.74, 6) is 0.0289. The van der Waals surface area contributed by atoms with Crippen LogP contribution in [-0.2, 0) is 4.74 Å². The van der Waals surface area contributed by atoms with E-state index in [0.29, 0.717) is 6.61 Å². The summed E-state index contributed by atoms with van der Waals surface area (Å²) in [5, 5.41) is 8.98. The average Bonchev–Trinajstić information content (AvgIpc) is 2.36. The van der Waals surface area contributed by atoms with Gasteiger partial charge < -0.3 is 4.74 Å². The Morgan fingerprint density at radius 3 is 2.68 bits per heavy atom. The van der Waals surface area contributed by atoms with E-state index in [1.165, 1.54) is 12.1 Å². The minimum Gasteiger partial charge on any atom is -0.376 e. The standard InChI is InChI=1S/C16H18FNO/c1-16(2)11-13(8-10-19-16)15(7-9-18)12-3-5-14(17)6-4-12/h3-7,13H,8,10-11H2,1-2H3/b15-7+. The molecule has 0 spiro atoms. The fraction of sp³-hybridized carbons (Fsp3) is 0.438. The summed E-state index contributed by atoms with van der Waals surface area (Å²) in [5.41, 5.74) is 1.74. The van der Waals surface area contributed by atoms with Crippen LogP contribution in [0.4, 0.5) is 4.39 Å². The van der Waals surface area contributed by atoms with Crippen molar-refractivity contribution in [2.75, 3.05) is 6.61 Å². The van der Waals surface area contributed by atoms with E-state index in [2.05, 4.69) is 19.9 Å². The van der Waals surface area contributed by atoms with Crippen LogP contribution in [0.3, 0.4) is 0 Å². The first-order chi connectivity index (χ1) is 9.02. The van der Waals surface area contributed by atoms with Gasteiger partial charge >= 0.3 is 0 Å². The number of benzene rings is 1. The van der Waals surface area contributed by atoms with E-state index in [1.54, 1.807) is 18.2 Å². The molecule has 1 atom stereocenters. The predicted molar refractivity (Wildman–Crippen MR) is 72.7 cm³/mol.